The van der Waals surface area contributed by atoms with Crippen molar-refractivity contribution in [3.63, 3.8) is 0 Å². The van der Waals surface area contributed by atoms with Gasteiger partial charge in [-0.05, 0) is 56.5 Å². The summed E-state index contributed by atoms with van der Waals surface area (Å²) in [6.07, 6.45) is 7.95. The second kappa shape index (κ2) is 12.1. The van der Waals surface area contributed by atoms with E-state index in [1.165, 1.54) is 31.4 Å². The zero-order chi connectivity index (χ0) is 18.9. The fraction of sp³-hybridized carbons (Fsp3) is 0.667. The quantitative estimate of drug-likeness (QED) is 0.715. The number of halogens is 2. The Morgan fingerprint density at radius 1 is 1.04 bits per heavy atom. The summed E-state index contributed by atoms with van der Waals surface area (Å²) in [6, 6.07) is 6.63. The van der Waals surface area contributed by atoms with Crippen LogP contribution in [0.1, 0.15) is 44.9 Å². The highest BCUT2D eigenvalue weighted by atomic mass is 35.5. The van der Waals surface area contributed by atoms with Crippen LogP contribution in [0.3, 0.4) is 0 Å². The lowest BCUT2D eigenvalue weighted by atomic mass is 9.96. The first-order valence-electron chi connectivity index (χ1n) is 10.4. The van der Waals surface area contributed by atoms with Crippen LogP contribution in [-0.2, 0) is 0 Å². The largest absolute Gasteiger partial charge is 0.494 e. The average Bonchev–Trinajstić information content (AvgIpc) is 2.93. The summed E-state index contributed by atoms with van der Waals surface area (Å²) < 4.78 is 18.5. The molecule has 1 aromatic carbocycles. The van der Waals surface area contributed by atoms with Crippen molar-refractivity contribution in [1.29, 1.82) is 0 Å². The number of benzene rings is 1. The van der Waals surface area contributed by atoms with Crippen molar-refractivity contribution in [2.24, 2.45) is 0 Å². The predicted octanol–water partition coefficient (Wildman–Crippen LogP) is 4.07. The van der Waals surface area contributed by atoms with Crippen LogP contribution in [0.15, 0.2) is 24.3 Å². The summed E-state index contributed by atoms with van der Waals surface area (Å²) in [6.45, 7) is 5.13. The van der Waals surface area contributed by atoms with Gasteiger partial charge in [-0.25, -0.2) is 9.18 Å². The molecule has 1 aromatic rings. The Morgan fingerprint density at radius 2 is 1.79 bits per heavy atom. The molecular weight excluding hydrogens is 381 g/mol. The second-order valence-electron chi connectivity index (χ2n) is 7.62. The number of hydrogen-bond acceptors (Lipinski definition) is 3. The van der Waals surface area contributed by atoms with Crippen molar-refractivity contribution < 1.29 is 13.9 Å². The standard InChI is InChI=1S/C21H32FN3O2.ClH/c22-18-8-10-20(11-9-18)27-17-5-13-24-12-4-14-25(16-15-24)21(26)23-19-6-2-1-3-7-19;/h8-11,19H,1-7,12-17H2,(H,23,26);1H. The summed E-state index contributed by atoms with van der Waals surface area (Å²) in [7, 11) is 0. The number of ether oxygens (including phenoxy) is 1. The van der Waals surface area contributed by atoms with Crippen LogP contribution < -0.4 is 10.1 Å². The van der Waals surface area contributed by atoms with Crippen LogP contribution >= 0.6 is 12.4 Å². The fourth-order valence-electron chi connectivity index (χ4n) is 3.92. The van der Waals surface area contributed by atoms with E-state index in [1.54, 1.807) is 12.1 Å². The van der Waals surface area contributed by atoms with Gasteiger partial charge in [0.2, 0.25) is 0 Å². The number of hydrogen-bond donors (Lipinski definition) is 1. The SMILES string of the molecule is Cl.O=C(NC1CCCCC1)N1CCCN(CCCOc2ccc(F)cc2)CC1. The molecule has 0 radical (unpaired) electrons. The summed E-state index contributed by atoms with van der Waals surface area (Å²) in [5, 5.41) is 3.23. The monoisotopic (exact) mass is 413 g/mol. The maximum Gasteiger partial charge on any atom is 0.317 e. The molecule has 1 heterocycles. The number of nitrogens with zero attached hydrogens (tertiary/aromatic N) is 2. The lowest BCUT2D eigenvalue weighted by molar-refractivity contribution is 0.189. The molecule has 1 saturated carbocycles. The topological polar surface area (TPSA) is 44.8 Å². The minimum atomic E-state index is -0.246. The molecule has 1 N–H and O–H groups in total. The number of carbonyl (C=O) groups is 1. The van der Waals surface area contributed by atoms with E-state index in [1.807, 2.05) is 4.90 Å². The summed E-state index contributed by atoms with van der Waals surface area (Å²) >= 11 is 0. The van der Waals surface area contributed by atoms with E-state index >= 15 is 0 Å². The lowest BCUT2D eigenvalue weighted by Crippen LogP contribution is -2.46. The molecule has 1 aliphatic carbocycles. The second-order valence-corrected chi connectivity index (χ2v) is 7.62. The molecule has 0 unspecified atom stereocenters. The number of nitrogens with one attached hydrogen (secondary N) is 1. The Kier molecular flexibility index (Phi) is 9.85. The molecule has 1 saturated heterocycles. The van der Waals surface area contributed by atoms with Gasteiger partial charge in [0.1, 0.15) is 11.6 Å². The van der Waals surface area contributed by atoms with E-state index in [2.05, 4.69) is 10.2 Å². The zero-order valence-electron chi connectivity index (χ0n) is 16.6. The van der Waals surface area contributed by atoms with Crippen molar-refractivity contribution in [2.75, 3.05) is 39.3 Å². The molecule has 0 spiro atoms. The molecule has 0 bridgehead atoms. The van der Waals surface area contributed by atoms with Crippen LogP contribution in [0.2, 0.25) is 0 Å². The Labute approximate surface area is 174 Å². The normalized spacial score (nSPS) is 18.8. The summed E-state index contributed by atoms with van der Waals surface area (Å²) in [4.78, 5) is 16.9. The molecule has 0 atom stereocenters. The van der Waals surface area contributed by atoms with Gasteiger partial charge in [-0.1, -0.05) is 19.3 Å². The molecule has 0 aromatic heterocycles. The van der Waals surface area contributed by atoms with Gasteiger partial charge >= 0.3 is 6.03 Å². The van der Waals surface area contributed by atoms with Gasteiger partial charge in [-0.15, -0.1) is 12.4 Å². The van der Waals surface area contributed by atoms with Gasteiger partial charge in [0, 0.05) is 32.2 Å². The van der Waals surface area contributed by atoms with Crippen molar-refractivity contribution >= 4 is 18.4 Å². The Hall–Kier alpha value is -1.53. The Morgan fingerprint density at radius 3 is 2.54 bits per heavy atom. The van der Waals surface area contributed by atoms with Crippen LogP contribution in [-0.4, -0.2) is 61.2 Å². The molecule has 2 fully saturated rings. The first-order chi connectivity index (χ1) is 13.2. The van der Waals surface area contributed by atoms with E-state index in [9.17, 15) is 9.18 Å². The van der Waals surface area contributed by atoms with Crippen LogP contribution in [0, 0.1) is 5.82 Å². The smallest absolute Gasteiger partial charge is 0.317 e. The number of carbonyl (C=O) groups excluding carboxylic acids is 1. The molecule has 28 heavy (non-hydrogen) atoms. The van der Waals surface area contributed by atoms with Crippen molar-refractivity contribution in [2.45, 2.75) is 51.0 Å². The molecule has 7 heteroatoms. The van der Waals surface area contributed by atoms with Gasteiger partial charge in [0.25, 0.3) is 0 Å². The molecule has 5 nitrogen and oxygen atoms in total. The van der Waals surface area contributed by atoms with Gasteiger partial charge in [-0.3, -0.25) is 0 Å². The van der Waals surface area contributed by atoms with Crippen molar-refractivity contribution in [3.8, 4) is 5.75 Å². The minimum absolute atomic E-state index is 0. The van der Waals surface area contributed by atoms with E-state index in [0.29, 0.717) is 18.4 Å². The average molecular weight is 414 g/mol. The van der Waals surface area contributed by atoms with E-state index in [-0.39, 0.29) is 24.3 Å². The number of urea groups is 1. The van der Waals surface area contributed by atoms with Crippen LogP contribution in [0.4, 0.5) is 9.18 Å². The fourth-order valence-corrected chi connectivity index (χ4v) is 3.92. The molecule has 2 aliphatic rings. The first-order valence-corrected chi connectivity index (χ1v) is 10.4. The van der Waals surface area contributed by atoms with Crippen molar-refractivity contribution in [1.82, 2.24) is 15.1 Å². The highest BCUT2D eigenvalue weighted by molar-refractivity contribution is 5.85. The third-order valence-electron chi connectivity index (χ3n) is 5.51. The van der Waals surface area contributed by atoms with Crippen LogP contribution in [0.5, 0.6) is 5.75 Å². The minimum Gasteiger partial charge on any atom is -0.494 e. The van der Waals surface area contributed by atoms with Crippen LogP contribution in [0.25, 0.3) is 0 Å². The van der Waals surface area contributed by atoms with E-state index in [0.717, 1.165) is 58.4 Å². The number of amides is 2. The molecule has 1 aliphatic heterocycles. The Bertz CT molecular complexity index is 582. The van der Waals surface area contributed by atoms with Crippen molar-refractivity contribution in [3.05, 3.63) is 30.1 Å². The van der Waals surface area contributed by atoms with Gasteiger partial charge in [0.15, 0.2) is 0 Å². The van der Waals surface area contributed by atoms with Gasteiger partial charge in [-0.2, -0.15) is 0 Å². The molecule has 2 amide bonds. The van der Waals surface area contributed by atoms with E-state index < -0.39 is 0 Å². The number of rotatable bonds is 6. The Balaban J connectivity index is 0.00000280. The summed E-state index contributed by atoms with van der Waals surface area (Å²) in [5.74, 6) is 0.460. The molecule has 3 rings (SSSR count). The van der Waals surface area contributed by atoms with E-state index in [4.69, 9.17) is 4.74 Å². The lowest BCUT2D eigenvalue weighted by Gasteiger charge is -2.27. The molecule has 158 valence electrons. The first kappa shape index (κ1) is 22.8. The highest BCUT2D eigenvalue weighted by Crippen LogP contribution is 2.18. The summed E-state index contributed by atoms with van der Waals surface area (Å²) in [5.41, 5.74) is 0. The highest BCUT2D eigenvalue weighted by Gasteiger charge is 2.22. The predicted molar refractivity (Wildman–Crippen MR) is 112 cm³/mol. The maximum absolute atomic E-state index is 12.9. The third kappa shape index (κ3) is 7.47. The zero-order valence-corrected chi connectivity index (χ0v) is 17.4. The van der Waals surface area contributed by atoms with Gasteiger partial charge in [0.05, 0.1) is 6.61 Å². The molecular formula is C21H33ClFN3O2. The maximum atomic E-state index is 12.9. The van der Waals surface area contributed by atoms with Gasteiger partial charge < -0.3 is 19.9 Å². The third-order valence-corrected chi connectivity index (χ3v) is 5.51.